The number of aromatic amines is 1. The van der Waals surface area contributed by atoms with E-state index < -0.39 is 0 Å². The molecule has 0 bridgehead atoms. The molecule has 0 aliphatic rings. The molecule has 2 heterocycles. The van der Waals surface area contributed by atoms with Gasteiger partial charge in [-0.15, -0.1) is 0 Å². The Morgan fingerprint density at radius 2 is 1.87 bits per heavy atom. The van der Waals surface area contributed by atoms with Crippen LogP contribution in [-0.2, 0) is 0 Å². The maximum Gasteiger partial charge on any atom is 0.203 e. The lowest BCUT2D eigenvalue weighted by atomic mass is 10.2. The smallest absolute Gasteiger partial charge is 0.203 e. The summed E-state index contributed by atoms with van der Waals surface area (Å²) < 4.78 is 7.51. The second-order valence-electron chi connectivity index (χ2n) is 5.99. The highest BCUT2D eigenvalue weighted by Gasteiger charge is 2.12. The lowest BCUT2D eigenvalue weighted by Gasteiger charge is -2.09. The van der Waals surface area contributed by atoms with Crippen LogP contribution >= 0.6 is 0 Å². The summed E-state index contributed by atoms with van der Waals surface area (Å²) in [4.78, 5) is 3.20. The van der Waals surface area contributed by atoms with Crippen LogP contribution in [0, 0.1) is 0 Å². The molecule has 4 heteroatoms. The monoisotopic (exact) mass is 306 g/mol. The summed E-state index contributed by atoms with van der Waals surface area (Å²) in [5.41, 5.74) is 1.96. The van der Waals surface area contributed by atoms with Crippen molar-refractivity contribution in [3.05, 3.63) is 54.9 Å². The van der Waals surface area contributed by atoms with Crippen LogP contribution in [0.5, 0.6) is 11.6 Å². The average Bonchev–Trinajstić information content (AvgIpc) is 3.11. The van der Waals surface area contributed by atoms with Gasteiger partial charge in [0.05, 0.1) is 11.8 Å². The van der Waals surface area contributed by atoms with Crippen LogP contribution in [-0.4, -0.2) is 20.8 Å². The van der Waals surface area contributed by atoms with Crippen molar-refractivity contribution in [2.24, 2.45) is 0 Å². The minimum Gasteiger partial charge on any atom is -0.494 e. The Balaban J connectivity index is 1.84. The third kappa shape index (κ3) is 2.32. The molecule has 0 unspecified atom stereocenters. The SMILES string of the molecule is CC(C)Oc1ccc2cn(-c3ccc4cc[nH]c4c3)c(O)c2c1. The minimum absolute atomic E-state index is 0.104. The number of rotatable bonds is 3. The van der Waals surface area contributed by atoms with Gasteiger partial charge in [0.25, 0.3) is 0 Å². The third-order valence-corrected chi connectivity index (χ3v) is 3.95. The van der Waals surface area contributed by atoms with Crippen LogP contribution in [0.1, 0.15) is 13.8 Å². The highest BCUT2D eigenvalue weighted by Crippen LogP contribution is 2.33. The van der Waals surface area contributed by atoms with Crippen LogP contribution in [0.4, 0.5) is 0 Å². The van der Waals surface area contributed by atoms with Crippen molar-refractivity contribution in [1.29, 1.82) is 0 Å². The van der Waals surface area contributed by atoms with Gasteiger partial charge in [0.1, 0.15) is 5.75 Å². The number of H-pyrrole nitrogens is 1. The third-order valence-electron chi connectivity index (χ3n) is 3.95. The van der Waals surface area contributed by atoms with Crippen molar-refractivity contribution in [3.63, 3.8) is 0 Å². The molecule has 2 aromatic carbocycles. The zero-order valence-electron chi connectivity index (χ0n) is 13.1. The zero-order valence-corrected chi connectivity index (χ0v) is 13.1. The van der Waals surface area contributed by atoms with Crippen LogP contribution in [0.25, 0.3) is 27.4 Å². The number of nitrogens with one attached hydrogen (secondary N) is 1. The van der Waals surface area contributed by atoms with Gasteiger partial charge in [-0.3, -0.25) is 4.57 Å². The fraction of sp³-hybridized carbons (Fsp3) is 0.158. The van der Waals surface area contributed by atoms with Gasteiger partial charge in [0, 0.05) is 28.7 Å². The first-order chi connectivity index (χ1) is 11.1. The molecule has 2 aromatic heterocycles. The molecule has 0 aliphatic carbocycles. The first-order valence-electron chi connectivity index (χ1n) is 7.70. The maximum absolute atomic E-state index is 10.6. The van der Waals surface area contributed by atoms with Gasteiger partial charge in [-0.2, -0.15) is 0 Å². The summed E-state index contributed by atoms with van der Waals surface area (Å²) in [6.45, 7) is 3.97. The van der Waals surface area contributed by atoms with E-state index in [4.69, 9.17) is 4.74 Å². The van der Waals surface area contributed by atoms with Gasteiger partial charge in [0.15, 0.2) is 0 Å². The molecule has 23 heavy (non-hydrogen) atoms. The maximum atomic E-state index is 10.6. The number of nitrogens with zero attached hydrogens (tertiary/aromatic N) is 1. The molecule has 0 spiro atoms. The predicted octanol–water partition coefficient (Wildman–Crippen LogP) is 4.60. The summed E-state index contributed by atoms with van der Waals surface area (Å²) in [6.07, 6.45) is 3.95. The number of aromatic nitrogens is 2. The topological polar surface area (TPSA) is 50.2 Å². The minimum atomic E-state index is 0.104. The molecule has 0 aliphatic heterocycles. The Kier molecular flexibility index (Phi) is 3.05. The Morgan fingerprint density at radius 3 is 2.70 bits per heavy atom. The molecule has 0 amide bonds. The van der Waals surface area contributed by atoms with Crippen molar-refractivity contribution < 1.29 is 9.84 Å². The summed E-state index contributed by atoms with van der Waals surface area (Å²) in [5, 5.41) is 13.5. The van der Waals surface area contributed by atoms with Crippen molar-refractivity contribution in [2.45, 2.75) is 20.0 Å². The van der Waals surface area contributed by atoms with E-state index in [0.29, 0.717) is 0 Å². The first kappa shape index (κ1) is 13.8. The van der Waals surface area contributed by atoms with Gasteiger partial charge in [-0.25, -0.2) is 0 Å². The highest BCUT2D eigenvalue weighted by atomic mass is 16.5. The Labute approximate surface area is 133 Å². The highest BCUT2D eigenvalue weighted by molar-refractivity contribution is 5.90. The molecule has 4 aromatic rings. The number of hydrogen-bond acceptors (Lipinski definition) is 2. The number of ether oxygens (including phenoxy) is 1. The number of fused-ring (bicyclic) bond motifs is 2. The van der Waals surface area contributed by atoms with Crippen molar-refractivity contribution in [3.8, 4) is 17.3 Å². The molecule has 0 saturated heterocycles. The lowest BCUT2D eigenvalue weighted by molar-refractivity contribution is 0.242. The van der Waals surface area contributed by atoms with E-state index in [-0.39, 0.29) is 12.0 Å². The summed E-state index contributed by atoms with van der Waals surface area (Å²) >= 11 is 0. The summed E-state index contributed by atoms with van der Waals surface area (Å²) in [6, 6.07) is 13.9. The molecule has 4 nitrogen and oxygen atoms in total. The largest absolute Gasteiger partial charge is 0.494 e. The van der Waals surface area contributed by atoms with Crippen molar-refractivity contribution in [1.82, 2.24) is 9.55 Å². The summed E-state index contributed by atoms with van der Waals surface area (Å²) in [7, 11) is 0. The standard InChI is InChI=1S/C19H18N2O2/c1-12(2)23-16-6-4-14-11-21(19(22)17(14)10-16)15-5-3-13-7-8-20-18(13)9-15/h3-12,20,22H,1-2H3. The van der Waals surface area contributed by atoms with Crippen molar-refractivity contribution in [2.75, 3.05) is 0 Å². The predicted molar refractivity (Wildman–Crippen MR) is 92.6 cm³/mol. The second kappa shape index (κ2) is 5.09. The summed E-state index contributed by atoms with van der Waals surface area (Å²) in [5.74, 6) is 0.987. The first-order valence-corrected chi connectivity index (χ1v) is 7.70. The van der Waals surface area contributed by atoms with E-state index in [9.17, 15) is 5.11 Å². The van der Waals surface area contributed by atoms with Crippen LogP contribution in [0.3, 0.4) is 0 Å². The second-order valence-corrected chi connectivity index (χ2v) is 5.99. The van der Waals surface area contributed by atoms with Crippen LogP contribution in [0.15, 0.2) is 54.9 Å². The number of hydrogen-bond donors (Lipinski definition) is 2. The molecular formula is C19H18N2O2. The molecule has 116 valence electrons. The normalized spacial score (nSPS) is 11.6. The molecule has 0 fully saturated rings. The molecule has 2 N–H and O–H groups in total. The molecule has 0 radical (unpaired) electrons. The van der Waals surface area contributed by atoms with E-state index >= 15 is 0 Å². The van der Waals surface area contributed by atoms with Crippen LogP contribution in [0.2, 0.25) is 0 Å². The fourth-order valence-electron chi connectivity index (χ4n) is 2.90. The van der Waals surface area contributed by atoms with E-state index in [2.05, 4.69) is 4.98 Å². The molecular weight excluding hydrogens is 288 g/mol. The zero-order chi connectivity index (χ0) is 16.0. The number of aromatic hydroxyl groups is 1. The van der Waals surface area contributed by atoms with E-state index in [1.165, 1.54) is 0 Å². The average molecular weight is 306 g/mol. The Hall–Kier alpha value is -2.88. The van der Waals surface area contributed by atoms with Crippen LogP contribution < -0.4 is 4.74 Å². The van der Waals surface area contributed by atoms with E-state index in [1.54, 1.807) is 4.57 Å². The van der Waals surface area contributed by atoms with Gasteiger partial charge in [0.2, 0.25) is 5.88 Å². The quantitative estimate of drug-likeness (QED) is 0.581. The molecule has 0 saturated carbocycles. The van der Waals surface area contributed by atoms with Crippen molar-refractivity contribution >= 4 is 21.7 Å². The Bertz CT molecular complexity index is 995. The van der Waals surface area contributed by atoms with Gasteiger partial charge < -0.3 is 14.8 Å². The Morgan fingerprint density at radius 1 is 1.04 bits per heavy atom. The van der Waals surface area contributed by atoms with Gasteiger partial charge >= 0.3 is 0 Å². The fourth-order valence-corrected chi connectivity index (χ4v) is 2.90. The number of benzene rings is 2. The van der Waals surface area contributed by atoms with E-state index in [1.807, 2.05) is 68.7 Å². The van der Waals surface area contributed by atoms with Gasteiger partial charge in [-0.1, -0.05) is 6.07 Å². The molecule has 4 rings (SSSR count). The van der Waals surface area contributed by atoms with E-state index in [0.717, 1.165) is 33.1 Å². The lowest BCUT2D eigenvalue weighted by Crippen LogP contribution is -2.04. The van der Waals surface area contributed by atoms with Gasteiger partial charge in [-0.05, 0) is 55.6 Å². The molecule has 0 atom stereocenters.